The third kappa shape index (κ3) is 4.06. The minimum atomic E-state index is -1.70. The molecular formula is C20H13F3N2O6. The van der Waals surface area contributed by atoms with Crippen molar-refractivity contribution < 1.29 is 37.7 Å². The van der Waals surface area contributed by atoms with Gasteiger partial charge >= 0.3 is 11.9 Å². The van der Waals surface area contributed by atoms with E-state index in [4.69, 9.17) is 10.5 Å². The van der Waals surface area contributed by atoms with Crippen LogP contribution in [0.3, 0.4) is 0 Å². The first-order chi connectivity index (χ1) is 14.6. The standard InChI is InChI=1S/C20H13F3N2O6/c21-11-5-9(6-12(22)16(11)23)31-7-8-3-1-2-4-10(8)13-14(19(27)28)17(24)25-18(26)15(13)20(29)30/h1-6H,7H2,(H,27,28)(H,29,30)(H3,24,25,26). The zero-order chi connectivity index (χ0) is 22.9. The molecule has 0 aliphatic rings. The molecule has 3 rings (SSSR count). The Hall–Kier alpha value is -4.28. The number of aromatic nitrogens is 1. The molecule has 160 valence electrons. The fourth-order valence-corrected chi connectivity index (χ4v) is 2.98. The second-order valence-electron chi connectivity index (χ2n) is 6.25. The van der Waals surface area contributed by atoms with Gasteiger partial charge in [0, 0.05) is 17.7 Å². The van der Waals surface area contributed by atoms with Gasteiger partial charge in [0.2, 0.25) is 0 Å². The first kappa shape index (κ1) is 21.4. The van der Waals surface area contributed by atoms with E-state index in [-0.39, 0.29) is 16.9 Å². The molecule has 0 fully saturated rings. The predicted octanol–water partition coefficient (Wildman–Crippen LogP) is 3.02. The molecule has 1 heterocycles. The summed E-state index contributed by atoms with van der Waals surface area (Å²) in [4.78, 5) is 37.6. The van der Waals surface area contributed by atoms with Crippen molar-refractivity contribution in [1.82, 2.24) is 4.98 Å². The number of benzene rings is 2. The predicted molar refractivity (Wildman–Crippen MR) is 101 cm³/mol. The second-order valence-corrected chi connectivity index (χ2v) is 6.25. The number of carboxylic acid groups (broad SMARTS) is 2. The highest BCUT2D eigenvalue weighted by Crippen LogP contribution is 2.32. The van der Waals surface area contributed by atoms with Crippen molar-refractivity contribution in [3.63, 3.8) is 0 Å². The number of rotatable bonds is 6. The van der Waals surface area contributed by atoms with Gasteiger partial charge in [-0.2, -0.15) is 0 Å². The van der Waals surface area contributed by atoms with E-state index in [1.54, 1.807) is 0 Å². The molecule has 0 atom stereocenters. The molecule has 0 spiro atoms. The molecule has 1 aromatic heterocycles. The van der Waals surface area contributed by atoms with Gasteiger partial charge in [-0.05, 0) is 11.1 Å². The van der Waals surface area contributed by atoms with Gasteiger partial charge in [0.05, 0.1) is 0 Å². The quantitative estimate of drug-likeness (QED) is 0.437. The molecule has 31 heavy (non-hydrogen) atoms. The number of pyridine rings is 1. The molecule has 0 bridgehead atoms. The third-order valence-electron chi connectivity index (χ3n) is 4.31. The number of carboxylic acids is 2. The normalized spacial score (nSPS) is 10.7. The molecule has 0 aliphatic heterocycles. The van der Waals surface area contributed by atoms with Gasteiger partial charge < -0.3 is 25.7 Å². The molecule has 0 amide bonds. The van der Waals surface area contributed by atoms with Gasteiger partial charge in [0.25, 0.3) is 5.56 Å². The maximum absolute atomic E-state index is 13.4. The second kappa shape index (κ2) is 8.22. The van der Waals surface area contributed by atoms with E-state index in [1.807, 2.05) is 4.98 Å². The summed E-state index contributed by atoms with van der Waals surface area (Å²) in [7, 11) is 0. The Labute approximate surface area is 171 Å². The summed E-state index contributed by atoms with van der Waals surface area (Å²) in [6, 6.07) is 6.92. The first-order valence-corrected chi connectivity index (χ1v) is 8.49. The lowest BCUT2D eigenvalue weighted by Crippen LogP contribution is -2.24. The van der Waals surface area contributed by atoms with E-state index in [1.165, 1.54) is 24.3 Å². The number of hydrogen-bond donors (Lipinski definition) is 4. The van der Waals surface area contributed by atoms with Gasteiger partial charge in [-0.1, -0.05) is 24.3 Å². The van der Waals surface area contributed by atoms with Crippen molar-refractivity contribution in [2.75, 3.05) is 5.73 Å². The smallest absolute Gasteiger partial charge is 0.342 e. The van der Waals surface area contributed by atoms with E-state index in [9.17, 15) is 37.8 Å². The molecule has 0 aliphatic carbocycles. The lowest BCUT2D eigenvalue weighted by atomic mass is 9.92. The van der Waals surface area contributed by atoms with Gasteiger partial charge in [-0.15, -0.1) is 0 Å². The topological polar surface area (TPSA) is 143 Å². The van der Waals surface area contributed by atoms with E-state index in [0.29, 0.717) is 12.1 Å². The highest BCUT2D eigenvalue weighted by atomic mass is 19.2. The molecule has 5 N–H and O–H groups in total. The van der Waals surface area contributed by atoms with E-state index < -0.39 is 64.1 Å². The first-order valence-electron chi connectivity index (χ1n) is 8.49. The number of aromatic amines is 1. The monoisotopic (exact) mass is 434 g/mol. The van der Waals surface area contributed by atoms with Crippen molar-refractivity contribution >= 4 is 17.8 Å². The van der Waals surface area contributed by atoms with Crippen LogP contribution in [0, 0.1) is 17.5 Å². The Morgan fingerprint density at radius 3 is 2.16 bits per heavy atom. The third-order valence-corrected chi connectivity index (χ3v) is 4.31. The molecule has 8 nitrogen and oxygen atoms in total. The van der Waals surface area contributed by atoms with Crippen molar-refractivity contribution in [2.45, 2.75) is 6.61 Å². The molecular weight excluding hydrogens is 421 g/mol. The molecule has 3 aromatic rings. The SMILES string of the molecule is Nc1[nH]c(=O)c(C(=O)O)c(-c2ccccc2COc2cc(F)c(F)c(F)c2)c1C(=O)O. The number of nitrogens with two attached hydrogens (primary N) is 1. The number of nitrogen functional groups attached to an aromatic ring is 1. The maximum atomic E-state index is 13.4. The fourth-order valence-electron chi connectivity index (χ4n) is 2.98. The Balaban J connectivity index is 2.16. The summed E-state index contributed by atoms with van der Waals surface area (Å²) in [6.07, 6.45) is 0. The van der Waals surface area contributed by atoms with Crippen LogP contribution in [0.1, 0.15) is 26.3 Å². The average Bonchev–Trinajstić information content (AvgIpc) is 2.69. The minimum Gasteiger partial charge on any atom is -0.489 e. The lowest BCUT2D eigenvalue weighted by Gasteiger charge is -2.16. The summed E-state index contributed by atoms with van der Waals surface area (Å²) in [5.41, 5.74) is 2.67. The van der Waals surface area contributed by atoms with Gasteiger partial charge in [-0.3, -0.25) is 4.79 Å². The molecule has 0 saturated carbocycles. The Morgan fingerprint density at radius 1 is 1.00 bits per heavy atom. The van der Waals surface area contributed by atoms with Crippen LogP contribution >= 0.6 is 0 Å². The Bertz CT molecular complexity index is 1250. The van der Waals surface area contributed by atoms with Crippen LogP contribution in [-0.2, 0) is 6.61 Å². The van der Waals surface area contributed by atoms with Crippen LogP contribution in [0.2, 0.25) is 0 Å². The minimum absolute atomic E-state index is 0.0156. The summed E-state index contributed by atoms with van der Waals surface area (Å²) in [5, 5.41) is 19.0. The summed E-state index contributed by atoms with van der Waals surface area (Å²) >= 11 is 0. The zero-order valence-electron chi connectivity index (χ0n) is 15.4. The number of H-pyrrole nitrogens is 1. The van der Waals surface area contributed by atoms with Crippen molar-refractivity contribution in [1.29, 1.82) is 0 Å². The van der Waals surface area contributed by atoms with Gasteiger partial charge in [0.1, 0.15) is 29.3 Å². The average molecular weight is 434 g/mol. The molecule has 0 unspecified atom stereocenters. The molecule has 2 aromatic carbocycles. The molecule has 0 saturated heterocycles. The number of halogens is 3. The highest BCUT2D eigenvalue weighted by molar-refractivity contribution is 6.07. The van der Waals surface area contributed by atoms with Crippen LogP contribution in [0.4, 0.5) is 19.0 Å². The van der Waals surface area contributed by atoms with E-state index >= 15 is 0 Å². The van der Waals surface area contributed by atoms with E-state index in [0.717, 1.165) is 0 Å². The fraction of sp³-hybridized carbons (Fsp3) is 0.0500. The largest absolute Gasteiger partial charge is 0.489 e. The zero-order valence-corrected chi connectivity index (χ0v) is 15.4. The van der Waals surface area contributed by atoms with Crippen LogP contribution < -0.4 is 16.0 Å². The Kier molecular flexibility index (Phi) is 5.68. The number of ether oxygens (including phenoxy) is 1. The molecule has 0 radical (unpaired) electrons. The molecule has 11 heteroatoms. The Morgan fingerprint density at radius 2 is 1.58 bits per heavy atom. The van der Waals surface area contributed by atoms with Crippen molar-refractivity contribution in [3.8, 4) is 16.9 Å². The van der Waals surface area contributed by atoms with Gasteiger partial charge in [-0.25, -0.2) is 22.8 Å². The van der Waals surface area contributed by atoms with Crippen LogP contribution in [0.5, 0.6) is 5.75 Å². The maximum Gasteiger partial charge on any atom is 0.342 e. The summed E-state index contributed by atoms with van der Waals surface area (Å²) in [6.45, 7) is -0.425. The van der Waals surface area contributed by atoms with Crippen LogP contribution in [0.15, 0.2) is 41.2 Å². The van der Waals surface area contributed by atoms with Gasteiger partial charge in [0.15, 0.2) is 17.5 Å². The number of nitrogens with one attached hydrogen (secondary N) is 1. The van der Waals surface area contributed by atoms with Crippen molar-refractivity contribution in [3.05, 3.63) is 80.9 Å². The lowest BCUT2D eigenvalue weighted by molar-refractivity contribution is 0.0695. The number of carbonyl (C=O) groups is 2. The van der Waals surface area contributed by atoms with Crippen LogP contribution in [-0.4, -0.2) is 27.1 Å². The van der Waals surface area contributed by atoms with Crippen LogP contribution in [0.25, 0.3) is 11.1 Å². The highest BCUT2D eigenvalue weighted by Gasteiger charge is 2.27. The number of anilines is 1. The summed E-state index contributed by atoms with van der Waals surface area (Å²) < 4.78 is 45.2. The summed E-state index contributed by atoms with van der Waals surface area (Å²) in [5.74, 6) is -8.85. The van der Waals surface area contributed by atoms with E-state index in [2.05, 4.69) is 0 Å². The number of hydrogen-bond acceptors (Lipinski definition) is 5. The number of aromatic carboxylic acids is 2. The van der Waals surface area contributed by atoms with Crippen molar-refractivity contribution in [2.24, 2.45) is 0 Å².